The van der Waals surface area contributed by atoms with Crippen LogP contribution in [0.2, 0.25) is 0 Å². The smallest absolute Gasteiger partial charge is 0.137 e. The van der Waals surface area contributed by atoms with Gasteiger partial charge in [0.1, 0.15) is 11.2 Å². The third-order valence-electron chi connectivity index (χ3n) is 11.6. The average Bonchev–Trinajstić information content (AvgIpc) is 3.68. The first-order valence-electron chi connectivity index (χ1n) is 20.7. The summed E-state index contributed by atoms with van der Waals surface area (Å²) >= 11 is 0. The molecule has 0 aliphatic rings. The van der Waals surface area contributed by atoms with Gasteiger partial charge in [0.15, 0.2) is 0 Å². The second-order valence-corrected chi connectivity index (χ2v) is 15.4. The number of hydrogen-bond acceptors (Lipinski definition) is 3. The van der Waals surface area contributed by atoms with Gasteiger partial charge in [-0.05, 0) is 111 Å². The molecule has 0 radical (unpaired) electrons. The Kier molecular flexibility index (Phi) is 9.18. The van der Waals surface area contributed by atoms with Crippen LogP contribution in [0, 0.1) is 0 Å². The number of fused-ring (bicyclic) bond motifs is 4. The van der Waals surface area contributed by atoms with E-state index in [4.69, 9.17) is 4.42 Å². The number of rotatable bonds is 9. The predicted molar refractivity (Wildman–Crippen MR) is 257 cm³/mol. The lowest BCUT2D eigenvalue weighted by atomic mass is 10.0. The number of benzene rings is 10. The van der Waals surface area contributed by atoms with Crippen LogP contribution in [0.4, 0.5) is 34.1 Å². The quantitative estimate of drug-likeness (QED) is 0.145. The maximum Gasteiger partial charge on any atom is 0.137 e. The Morgan fingerprint density at radius 2 is 0.623 bits per heavy atom. The minimum absolute atomic E-state index is 0.823. The SMILES string of the molecule is c1ccc(-c2ccc(N(c3ccccc3)c3cc4oc5cc6ccccc6cc5c4cc3N(c3ccc(-c4ccccc4)cc3)c3cccc(-c4ccccc4)c3)cc2)cc1. The molecule has 0 atom stereocenters. The van der Waals surface area contributed by atoms with Crippen LogP contribution in [-0.2, 0) is 0 Å². The highest BCUT2D eigenvalue weighted by atomic mass is 16.3. The van der Waals surface area contributed by atoms with Gasteiger partial charge < -0.3 is 14.2 Å². The van der Waals surface area contributed by atoms with Gasteiger partial charge >= 0.3 is 0 Å². The summed E-state index contributed by atoms with van der Waals surface area (Å²) in [5, 5.41) is 4.46. The molecule has 10 aromatic carbocycles. The highest BCUT2D eigenvalue weighted by Crippen LogP contribution is 2.49. The maximum atomic E-state index is 6.84. The summed E-state index contributed by atoms with van der Waals surface area (Å²) in [7, 11) is 0. The first-order valence-corrected chi connectivity index (χ1v) is 20.7. The van der Waals surface area contributed by atoms with Crippen molar-refractivity contribution in [2.45, 2.75) is 0 Å². The first kappa shape index (κ1) is 36.0. The molecular formula is C58H40N2O. The van der Waals surface area contributed by atoms with Gasteiger partial charge in [0.2, 0.25) is 0 Å². The van der Waals surface area contributed by atoms with Crippen molar-refractivity contribution in [3.63, 3.8) is 0 Å². The maximum absolute atomic E-state index is 6.84. The van der Waals surface area contributed by atoms with Gasteiger partial charge in [-0.3, -0.25) is 0 Å². The molecule has 288 valence electrons. The summed E-state index contributed by atoms with van der Waals surface area (Å²) < 4.78 is 6.84. The molecule has 0 saturated carbocycles. The standard InChI is InChI=1S/C58H40N2O/c1-5-16-41(17-6-1)44-28-32-50(33-29-44)59(49-25-11-4-12-26-49)56-40-58-54(53-37-47-22-13-14-23-48(47)38-57(53)61-58)39-55(56)60(51-34-30-45(31-35-51)42-18-7-2-8-19-42)52-27-15-24-46(36-52)43-20-9-3-10-21-43/h1-40H. The zero-order valence-electron chi connectivity index (χ0n) is 33.4. The largest absolute Gasteiger partial charge is 0.456 e. The zero-order valence-corrected chi connectivity index (χ0v) is 33.4. The molecule has 0 aliphatic carbocycles. The topological polar surface area (TPSA) is 19.6 Å². The molecule has 3 heteroatoms. The number of nitrogens with zero attached hydrogens (tertiary/aromatic N) is 2. The van der Waals surface area contributed by atoms with Crippen molar-refractivity contribution in [3.05, 3.63) is 243 Å². The van der Waals surface area contributed by atoms with E-state index in [1.807, 2.05) is 0 Å². The molecule has 0 fully saturated rings. The second kappa shape index (κ2) is 15.6. The monoisotopic (exact) mass is 780 g/mol. The second-order valence-electron chi connectivity index (χ2n) is 15.4. The van der Waals surface area contributed by atoms with Gasteiger partial charge in [-0.25, -0.2) is 0 Å². The Hall–Kier alpha value is -8.14. The van der Waals surface area contributed by atoms with E-state index >= 15 is 0 Å². The van der Waals surface area contributed by atoms with Crippen molar-refractivity contribution in [2.24, 2.45) is 0 Å². The van der Waals surface area contributed by atoms with Crippen molar-refractivity contribution in [1.29, 1.82) is 0 Å². The molecule has 0 unspecified atom stereocenters. The summed E-state index contributed by atoms with van der Waals surface area (Å²) in [4.78, 5) is 4.77. The van der Waals surface area contributed by atoms with Crippen molar-refractivity contribution in [3.8, 4) is 33.4 Å². The summed E-state index contributed by atoms with van der Waals surface area (Å²) in [6.07, 6.45) is 0. The summed E-state index contributed by atoms with van der Waals surface area (Å²) in [5.74, 6) is 0. The molecule has 3 nitrogen and oxygen atoms in total. The molecule has 0 aliphatic heterocycles. The highest BCUT2D eigenvalue weighted by Gasteiger charge is 2.25. The summed E-state index contributed by atoms with van der Waals surface area (Å²) in [6, 6.07) is 86.6. The average molecular weight is 781 g/mol. The molecule has 0 N–H and O–H groups in total. The Bertz CT molecular complexity index is 3270. The van der Waals surface area contributed by atoms with Gasteiger partial charge in [-0.15, -0.1) is 0 Å². The van der Waals surface area contributed by atoms with Gasteiger partial charge in [-0.1, -0.05) is 170 Å². The normalized spacial score (nSPS) is 11.3. The molecule has 11 aromatic rings. The van der Waals surface area contributed by atoms with Crippen LogP contribution in [-0.4, -0.2) is 0 Å². The van der Waals surface area contributed by atoms with Gasteiger partial charge in [-0.2, -0.15) is 0 Å². The number of anilines is 6. The van der Waals surface area contributed by atoms with Crippen LogP contribution in [0.1, 0.15) is 0 Å². The van der Waals surface area contributed by atoms with Gasteiger partial charge in [0.25, 0.3) is 0 Å². The first-order chi connectivity index (χ1) is 30.2. The van der Waals surface area contributed by atoms with E-state index in [1.54, 1.807) is 0 Å². The van der Waals surface area contributed by atoms with Crippen molar-refractivity contribution in [2.75, 3.05) is 9.80 Å². The van der Waals surface area contributed by atoms with Crippen molar-refractivity contribution < 1.29 is 4.42 Å². The fraction of sp³-hybridized carbons (Fsp3) is 0. The highest BCUT2D eigenvalue weighted by molar-refractivity contribution is 6.13. The number of para-hydroxylation sites is 1. The van der Waals surface area contributed by atoms with E-state index in [0.717, 1.165) is 83.7 Å². The van der Waals surface area contributed by atoms with E-state index in [1.165, 1.54) is 16.5 Å². The van der Waals surface area contributed by atoms with Crippen LogP contribution in [0.15, 0.2) is 247 Å². The minimum Gasteiger partial charge on any atom is -0.456 e. The molecular weight excluding hydrogens is 741 g/mol. The fourth-order valence-electron chi connectivity index (χ4n) is 8.60. The molecule has 61 heavy (non-hydrogen) atoms. The lowest BCUT2D eigenvalue weighted by Crippen LogP contribution is -2.17. The van der Waals surface area contributed by atoms with Crippen LogP contribution >= 0.6 is 0 Å². The molecule has 0 bridgehead atoms. The van der Waals surface area contributed by atoms with E-state index < -0.39 is 0 Å². The molecule has 11 rings (SSSR count). The lowest BCUT2D eigenvalue weighted by Gasteiger charge is -2.33. The molecule has 0 amide bonds. The molecule has 1 aromatic heterocycles. The predicted octanol–water partition coefficient (Wildman–Crippen LogP) is 16.7. The molecule has 0 saturated heterocycles. The van der Waals surface area contributed by atoms with Crippen LogP contribution < -0.4 is 9.80 Å². The molecule has 1 heterocycles. The van der Waals surface area contributed by atoms with E-state index in [2.05, 4.69) is 252 Å². The fourth-order valence-corrected chi connectivity index (χ4v) is 8.60. The van der Waals surface area contributed by atoms with Crippen LogP contribution in [0.25, 0.3) is 66.1 Å². The van der Waals surface area contributed by atoms with Gasteiger partial charge in [0.05, 0.1) is 11.4 Å². The zero-order chi connectivity index (χ0) is 40.5. The Morgan fingerprint density at radius 3 is 1.20 bits per heavy atom. The molecule has 0 spiro atoms. The Morgan fingerprint density at radius 1 is 0.246 bits per heavy atom. The van der Waals surface area contributed by atoms with Crippen LogP contribution in [0.3, 0.4) is 0 Å². The summed E-state index contributed by atoms with van der Waals surface area (Å²) in [6.45, 7) is 0. The van der Waals surface area contributed by atoms with Crippen molar-refractivity contribution >= 4 is 66.8 Å². The third-order valence-corrected chi connectivity index (χ3v) is 11.6. The lowest BCUT2D eigenvalue weighted by molar-refractivity contribution is 0.669. The van der Waals surface area contributed by atoms with Crippen LogP contribution in [0.5, 0.6) is 0 Å². The Balaban J connectivity index is 1.19. The number of hydrogen-bond donors (Lipinski definition) is 0. The van der Waals surface area contributed by atoms with E-state index in [-0.39, 0.29) is 0 Å². The number of furan rings is 1. The van der Waals surface area contributed by atoms with E-state index in [9.17, 15) is 0 Å². The third kappa shape index (κ3) is 6.88. The van der Waals surface area contributed by atoms with E-state index in [0.29, 0.717) is 0 Å². The minimum atomic E-state index is 0.823. The van der Waals surface area contributed by atoms with Gasteiger partial charge in [0, 0.05) is 39.6 Å². The summed E-state index contributed by atoms with van der Waals surface area (Å²) in [5.41, 5.74) is 14.8. The Labute approximate surface area is 355 Å². The van der Waals surface area contributed by atoms with Crippen molar-refractivity contribution in [1.82, 2.24) is 0 Å².